The molecule has 82 heavy (non-hydrogen) atoms. The molecular formula is C47H82N16O14S5. The minimum absolute atomic E-state index is 0.0409. The zero-order chi connectivity index (χ0) is 62.4. The monoisotopic (exact) mass is 1250 g/mol. The standard InChI is InChI=1S/C47H82N16O14S5/c1-22(2)14-27(58-44(74)32-9-7-12-63(32)45(75)36(23(3)4)62-37(67)24(48)18-78)41(71)57-26(10-13-82-5)40(70)56-25(8-6-11-52-47(50)51)39(69)60-29(19-79)38(68)54-16-34(65)53-17-35(66)55-30(20-80)42(72)61-31(21-81)43(73)59-28(46(76)77)15-33(49)64/h22-32,36,78-81H,6-21,48H2,1-5H3,(H2,49,64)(H,53,65)(H,54,68)(H,55,66)(H,56,70)(H,57,71)(H,58,74)(H,59,73)(H,60,69)(H,61,72)(H,62,67)(H,76,77)(H4,50,51,52)/t24-,25-,26-,27-,28-,29-,30-,31-,32-,36-/m0/s1. The van der Waals surface area contributed by atoms with Gasteiger partial charge in [0, 0.05) is 36.1 Å². The fraction of sp³-hybridized carbons (Fsp3) is 0.702. The van der Waals surface area contributed by atoms with Crippen molar-refractivity contribution in [2.75, 3.05) is 61.2 Å². The van der Waals surface area contributed by atoms with Crippen molar-refractivity contribution in [2.45, 2.75) is 133 Å². The van der Waals surface area contributed by atoms with Gasteiger partial charge in [0.1, 0.15) is 54.4 Å². The molecule has 1 fully saturated rings. The highest BCUT2D eigenvalue weighted by atomic mass is 32.2. The average molecular weight is 1260 g/mol. The lowest BCUT2D eigenvalue weighted by molar-refractivity contribution is -0.143. The van der Waals surface area contributed by atoms with Gasteiger partial charge in [-0.1, -0.05) is 27.7 Å². The molecule has 0 bridgehead atoms. The van der Waals surface area contributed by atoms with Crippen LogP contribution in [0.25, 0.3) is 0 Å². The summed E-state index contributed by atoms with van der Waals surface area (Å²) in [6, 6.07) is -12.6. The van der Waals surface area contributed by atoms with Crippen LogP contribution in [-0.2, 0) is 62.3 Å². The van der Waals surface area contributed by atoms with E-state index in [9.17, 15) is 67.4 Å². The number of hydrogen-bond donors (Lipinski definition) is 20. The number of amides is 12. The highest BCUT2D eigenvalue weighted by Crippen LogP contribution is 2.21. The Morgan fingerprint density at radius 2 is 1.11 bits per heavy atom. The van der Waals surface area contributed by atoms with Crippen LogP contribution in [0.4, 0.5) is 0 Å². The summed E-state index contributed by atoms with van der Waals surface area (Å²) in [5.74, 6) is -12.7. The first kappa shape index (κ1) is 74.1. The molecular weight excluding hydrogens is 1170 g/mol. The molecule has 12 amide bonds. The van der Waals surface area contributed by atoms with Crippen molar-refractivity contribution in [1.29, 1.82) is 5.41 Å². The zero-order valence-electron chi connectivity index (χ0n) is 46.4. The fourth-order valence-corrected chi connectivity index (χ4v) is 9.14. The van der Waals surface area contributed by atoms with E-state index in [0.29, 0.717) is 12.2 Å². The highest BCUT2D eigenvalue weighted by Gasteiger charge is 2.41. The molecule has 0 spiro atoms. The average Bonchev–Trinajstić information content (AvgIpc) is 3.93. The summed E-state index contributed by atoms with van der Waals surface area (Å²) in [5, 5.41) is 43.9. The molecule has 0 unspecified atom stereocenters. The van der Waals surface area contributed by atoms with Gasteiger partial charge < -0.3 is 85.7 Å². The van der Waals surface area contributed by atoms with E-state index in [2.05, 4.69) is 109 Å². The minimum atomic E-state index is -1.70. The van der Waals surface area contributed by atoms with Crippen molar-refractivity contribution in [2.24, 2.45) is 29.0 Å². The quantitative estimate of drug-likeness (QED) is 0.0118. The van der Waals surface area contributed by atoms with E-state index in [1.165, 1.54) is 16.7 Å². The Labute approximate surface area is 502 Å². The number of primary amides is 1. The van der Waals surface area contributed by atoms with Crippen LogP contribution < -0.4 is 75.7 Å². The summed E-state index contributed by atoms with van der Waals surface area (Å²) < 4.78 is 0. The summed E-state index contributed by atoms with van der Waals surface area (Å²) in [4.78, 5) is 171. The SMILES string of the molecule is CSCC[C@H](NC(=O)[C@H](CC(C)C)NC(=O)[C@@H]1CCCN1C(=O)[C@@H](NC(=O)[C@@H](N)CS)C(C)C)C(=O)N[C@@H](CCCNC(=N)N)C(=O)N[C@@H](CS)C(=O)NCC(=O)NCC(=O)N[C@@H](CS)C(=O)N[C@@H](CS)C(=O)N[C@@H](CC(N)=O)C(=O)O. The molecule has 19 N–H and O–H groups in total. The maximum Gasteiger partial charge on any atom is 0.326 e. The van der Waals surface area contributed by atoms with Crippen LogP contribution >= 0.6 is 62.3 Å². The van der Waals surface area contributed by atoms with Crippen molar-refractivity contribution in [1.82, 2.24) is 63.4 Å². The number of guanidine groups is 1. The number of carbonyl (C=O) groups is 13. The molecule has 0 aromatic heterocycles. The third-order valence-corrected chi connectivity index (χ3v) is 14.3. The Morgan fingerprint density at radius 3 is 1.61 bits per heavy atom. The van der Waals surface area contributed by atoms with Crippen LogP contribution in [0.1, 0.15) is 72.6 Å². The number of thioether (sulfide) groups is 1. The number of nitrogens with zero attached hydrogens (tertiary/aromatic N) is 1. The van der Waals surface area contributed by atoms with Crippen molar-refractivity contribution in [3.05, 3.63) is 0 Å². The molecule has 464 valence electrons. The Morgan fingerprint density at radius 1 is 0.610 bits per heavy atom. The largest absolute Gasteiger partial charge is 0.480 e. The van der Waals surface area contributed by atoms with Crippen LogP contribution in [0.5, 0.6) is 0 Å². The molecule has 1 aliphatic heterocycles. The predicted molar refractivity (Wildman–Crippen MR) is 317 cm³/mol. The summed E-state index contributed by atoms with van der Waals surface area (Å²) in [6.07, 6.45) is 2.06. The second-order valence-corrected chi connectivity index (χ2v) is 22.1. The minimum Gasteiger partial charge on any atom is -0.480 e. The number of hydrogen-bond acceptors (Lipinski definition) is 20. The molecule has 35 heteroatoms. The van der Waals surface area contributed by atoms with Crippen molar-refractivity contribution < 1.29 is 67.4 Å². The van der Waals surface area contributed by atoms with E-state index in [1.54, 1.807) is 20.1 Å². The number of nitrogens with two attached hydrogens (primary N) is 3. The number of nitrogens with one attached hydrogen (secondary N) is 12. The molecule has 1 aliphatic rings. The molecule has 0 aromatic rings. The van der Waals surface area contributed by atoms with Gasteiger partial charge >= 0.3 is 5.97 Å². The molecule has 10 atom stereocenters. The number of aliphatic carboxylic acids is 1. The Kier molecular flexibility index (Phi) is 35.1. The molecule has 1 saturated heterocycles. The van der Waals surface area contributed by atoms with Gasteiger partial charge in [0.2, 0.25) is 70.9 Å². The van der Waals surface area contributed by atoms with Crippen LogP contribution in [0, 0.1) is 17.2 Å². The Hall–Kier alpha value is -5.91. The molecule has 1 rings (SSSR count). The lowest BCUT2D eigenvalue weighted by atomic mass is 10.0. The lowest BCUT2D eigenvalue weighted by Gasteiger charge is -2.32. The molecule has 0 aliphatic carbocycles. The van der Waals surface area contributed by atoms with Crippen molar-refractivity contribution in [3.63, 3.8) is 0 Å². The van der Waals surface area contributed by atoms with Gasteiger partial charge in [-0.05, 0) is 62.4 Å². The number of likely N-dealkylation sites (tertiary alicyclic amines) is 1. The van der Waals surface area contributed by atoms with Crippen LogP contribution in [0.2, 0.25) is 0 Å². The third kappa shape index (κ3) is 27.0. The Bertz CT molecular complexity index is 2260. The van der Waals surface area contributed by atoms with Gasteiger partial charge in [-0.3, -0.25) is 62.9 Å². The third-order valence-electron chi connectivity index (χ3n) is 12.2. The zero-order valence-corrected chi connectivity index (χ0v) is 50.8. The first-order valence-corrected chi connectivity index (χ1v) is 30.0. The molecule has 30 nitrogen and oxygen atoms in total. The van der Waals surface area contributed by atoms with Crippen LogP contribution in [-0.4, -0.2) is 214 Å². The Balaban J connectivity index is 3.14. The van der Waals surface area contributed by atoms with Gasteiger partial charge in [0.05, 0.1) is 25.6 Å². The number of thiol groups is 4. The lowest BCUT2D eigenvalue weighted by Crippen LogP contribution is -2.60. The number of carboxylic acids is 1. The second-order valence-electron chi connectivity index (χ2n) is 19.6. The summed E-state index contributed by atoms with van der Waals surface area (Å²) in [5.41, 5.74) is 16.3. The molecule has 1 heterocycles. The van der Waals surface area contributed by atoms with Crippen LogP contribution in [0.3, 0.4) is 0 Å². The summed E-state index contributed by atoms with van der Waals surface area (Å²) in [7, 11) is 0. The predicted octanol–water partition coefficient (Wildman–Crippen LogP) is -6.19. The maximum absolute atomic E-state index is 14.1. The maximum atomic E-state index is 14.1. The molecule has 0 radical (unpaired) electrons. The number of carboxylic acid groups (broad SMARTS) is 1. The number of carbonyl (C=O) groups excluding carboxylic acids is 12. The van der Waals surface area contributed by atoms with E-state index >= 15 is 0 Å². The van der Waals surface area contributed by atoms with E-state index in [4.69, 9.17) is 22.6 Å². The topological polar surface area (TPSA) is 480 Å². The smallest absolute Gasteiger partial charge is 0.326 e. The van der Waals surface area contributed by atoms with E-state index in [1.807, 2.05) is 13.8 Å². The normalized spacial score (nSPS) is 16.2. The van der Waals surface area contributed by atoms with Gasteiger partial charge in [0.25, 0.3) is 0 Å². The van der Waals surface area contributed by atoms with E-state index < -0.39 is 157 Å². The highest BCUT2D eigenvalue weighted by molar-refractivity contribution is 7.98. The summed E-state index contributed by atoms with van der Waals surface area (Å²) >= 11 is 17.7. The molecule has 0 aromatic carbocycles. The first-order chi connectivity index (χ1) is 38.5. The van der Waals surface area contributed by atoms with Gasteiger partial charge in [-0.2, -0.15) is 62.3 Å². The van der Waals surface area contributed by atoms with Crippen molar-refractivity contribution in [3.8, 4) is 0 Å². The number of rotatable bonds is 38. The first-order valence-electron chi connectivity index (χ1n) is 26.1. The second kappa shape index (κ2) is 38.8. The van der Waals surface area contributed by atoms with Crippen LogP contribution in [0.15, 0.2) is 0 Å². The van der Waals surface area contributed by atoms with Crippen molar-refractivity contribution >= 4 is 145 Å². The van der Waals surface area contributed by atoms with Gasteiger partial charge in [-0.15, -0.1) is 0 Å². The fourth-order valence-electron chi connectivity index (χ4n) is 7.73. The van der Waals surface area contributed by atoms with Gasteiger partial charge in [0.15, 0.2) is 5.96 Å². The summed E-state index contributed by atoms with van der Waals surface area (Å²) in [6.45, 7) is 5.99. The van der Waals surface area contributed by atoms with E-state index in [0.717, 1.165) is 0 Å². The van der Waals surface area contributed by atoms with Gasteiger partial charge in [-0.25, -0.2) is 4.79 Å². The molecule has 0 saturated carbocycles. The van der Waals surface area contributed by atoms with E-state index in [-0.39, 0.29) is 86.0 Å².